The second-order valence-electron chi connectivity index (χ2n) is 8.64. The van der Waals surface area contributed by atoms with Crippen molar-refractivity contribution in [3.8, 4) is 0 Å². The van der Waals surface area contributed by atoms with Gasteiger partial charge in [-0.2, -0.15) is 0 Å². The smallest absolute Gasteiger partial charge is 0.318 e. The van der Waals surface area contributed by atoms with Crippen molar-refractivity contribution < 1.29 is 18.7 Å². The van der Waals surface area contributed by atoms with Crippen LogP contribution in [0.4, 0.5) is 13.6 Å². The molecule has 160 valence electrons. The summed E-state index contributed by atoms with van der Waals surface area (Å²) in [5.74, 6) is -1.18. The lowest BCUT2D eigenvalue weighted by Gasteiger charge is -2.70. The molecular formula is C23H27F2N3O2. The van der Waals surface area contributed by atoms with Crippen LogP contribution in [0, 0.1) is 11.6 Å². The summed E-state index contributed by atoms with van der Waals surface area (Å²) in [6.45, 7) is 5.24. The summed E-state index contributed by atoms with van der Waals surface area (Å²) < 4.78 is 27.1. The molecule has 7 heteroatoms. The summed E-state index contributed by atoms with van der Waals surface area (Å²) in [7, 11) is 0. The van der Waals surface area contributed by atoms with E-state index in [0.717, 1.165) is 11.6 Å². The Hall–Kier alpha value is -2.51. The molecule has 2 heterocycles. The van der Waals surface area contributed by atoms with Crippen molar-refractivity contribution in [3.05, 3.63) is 71.3 Å². The fourth-order valence-corrected chi connectivity index (χ4v) is 5.10. The Kier molecular flexibility index (Phi) is 5.51. The van der Waals surface area contributed by atoms with Crippen LogP contribution in [0.2, 0.25) is 0 Å². The SMILES string of the molecule is CC(C)NC(=O)N1[C@@H](CO)[C@@H](c2ccccc2)C12CN(Cc1cc(F)cc(F)c1)C2. The van der Waals surface area contributed by atoms with E-state index in [1.54, 1.807) is 4.90 Å². The lowest BCUT2D eigenvalue weighted by atomic mass is 9.61. The number of halogens is 2. The number of carbonyl (C=O) groups excluding carboxylic acids is 1. The zero-order valence-electron chi connectivity index (χ0n) is 17.2. The Balaban J connectivity index is 1.58. The zero-order valence-corrected chi connectivity index (χ0v) is 17.2. The van der Waals surface area contributed by atoms with Gasteiger partial charge >= 0.3 is 6.03 Å². The highest BCUT2D eigenvalue weighted by Gasteiger charge is 2.67. The molecule has 4 rings (SSSR count). The quantitative estimate of drug-likeness (QED) is 0.789. The first-order valence-electron chi connectivity index (χ1n) is 10.3. The summed E-state index contributed by atoms with van der Waals surface area (Å²) in [6, 6.07) is 12.9. The van der Waals surface area contributed by atoms with E-state index in [1.807, 2.05) is 44.2 Å². The van der Waals surface area contributed by atoms with Crippen LogP contribution < -0.4 is 5.32 Å². The van der Waals surface area contributed by atoms with Crippen molar-refractivity contribution in [2.45, 2.75) is 43.9 Å². The van der Waals surface area contributed by atoms with Gasteiger partial charge in [-0.1, -0.05) is 30.3 Å². The monoisotopic (exact) mass is 415 g/mol. The van der Waals surface area contributed by atoms with E-state index in [9.17, 15) is 18.7 Å². The predicted molar refractivity (Wildman–Crippen MR) is 110 cm³/mol. The Bertz CT molecular complexity index is 896. The number of aliphatic hydroxyl groups is 1. The highest BCUT2D eigenvalue weighted by molar-refractivity contribution is 5.78. The molecule has 2 aromatic carbocycles. The number of nitrogens with zero attached hydrogens (tertiary/aromatic N) is 2. The fourth-order valence-electron chi connectivity index (χ4n) is 5.10. The predicted octanol–water partition coefficient (Wildman–Crippen LogP) is 3.10. The number of amides is 2. The van der Waals surface area contributed by atoms with Crippen LogP contribution >= 0.6 is 0 Å². The van der Waals surface area contributed by atoms with Gasteiger partial charge in [-0.05, 0) is 37.1 Å². The van der Waals surface area contributed by atoms with Crippen LogP contribution in [-0.4, -0.2) is 58.3 Å². The first-order valence-corrected chi connectivity index (χ1v) is 10.3. The summed E-state index contributed by atoms with van der Waals surface area (Å²) >= 11 is 0. The third-order valence-corrected chi connectivity index (χ3v) is 6.08. The molecule has 0 bridgehead atoms. The maximum absolute atomic E-state index is 13.6. The summed E-state index contributed by atoms with van der Waals surface area (Å²) in [6.07, 6.45) is 0. The first-order chi connectivity index (χ1) is 14.3. The molecule has 0 radical (unpaired) electrons. The minimum Gasteiger partial charge on any atom is -0.394 e. The molecule has 2 saturated heterocycles. The molecule has 2 fully saturated rings. The van der Waals surface area contributed by atoms with Crippen LogP contribution in [0.5, 0.6) is 0 Å². The normalized spacial score (nSPS) is 22.7. The molecule has 0 aliphatic carbocycles. The standard InChI is InChI=1S/C23H27F2N3O2/c1-15(2)26-22(30)28-20(12-29)21(17-6-4-3-5-7-17)23(28)13-27(14-23)11-16-8-18(24)10-19(25)9-16/h3-10,15,20-21,29H,11-14H2,1-2H3,(H,26,30)/t20-,21+/m0/s1. The average molecular weight is 415 g/mol. The second-order valence-corrected chi connectivity index (χ2v) is 8.64. The van der Waals surface area contributed by atoms with Gasteiger partial charge in [-0.15, -0.1) is 0 Å². The minimum absolute atomic E-state index is 0.00195. The number of urea groups is 1. The number of hydrogen-bond acceptors (Lipinski definition) is 3. The van der Waals surface area contributed by atoms with Crippen molar-refractivity contribution in [1.29, 1.82) is 0 Å². The lowest BCUT2D eigenvalue weighted by Crippen LogP contribution is -2.86. The average Bonchev–Trinajstić information content (AvgIpc) is 2.62. The Morgan fingerprint density at radius 3 is 2.37 bits per heavy atom. The maximum Gasteiger partial charge on any atom is 0.318 e. The van der Waals surface area contributed by atoms with Crippen LogP contribution in [0.15, 0.2) is 48.5 Å². The third-order valence-electron chi connectivity index (χ3n) is 6.08. The maximum atomic E-state index is 13.6. The Morgan fingerprint density at radius 2 is 1.80 bits per heavy atom. The zero-order chi connectivity index (χ0) is 21.5. The number of carbonyl (C=O) groups is 1. The minimum atomic E-state index is -0.593. The van der Waals surface area contributed by atoms with E-state index >= 15 is 0 Å². The van der Waals surface area contributed by atoms with Gasteiger partial charge in [-0.25, -0.2) is 13.6 Å². The number of benzene rings is 2. The van der Waals surface area contributed by atoms with Crippen LogP contribution in [0.25, 0.3) is 0 Å². The van der Waals surface area contributed by atoms with Gasteiger partial charge in [0, 0.05) is 37.7 Å². The van der Waals surface area contributed by atoms with Crippen LogP contribution in [0.3, 0.4) is 0 Å². The molecule has 2 amide bonds. The largest absolute Gasteiger partial charge is 0.394 e. The molecule has 30 heavy (non-hydrogen) atoms. The van der Waals surface area contributed by atoms with Gasteiger partial charge in [0.05, 0.1) is 18.2 Å². The van der Waals surface area contributed by atoms with E-state index in [2.05, 4.69) is 10.2 Å². The molecular weight excluding hydrogens is 388 g/mol. The van der Waals surface area contributed by atoms with E-state index in [1.165, 1.54) is 12.1 Å². The molecule has 2 aliphatic rings. The number of aliphatic hydroxyl groups excluding tert-OH is 1. The Labute approximate surface area is 175 Å². The summed E-state index contributed by atoms with van der Waals surface area (Å²) in [5, 5.41) is 13.0. The second kappa shape index (κ2) is 7.96. The highest BCUT2D eigenvalue weighted by atomic mass is 19.1. The van der Waals surface area contributed by atoms with Crippen molar-refractivity contribution in [2.24, 2.45) is 0 Å². The van der Waals surface area contributed by atoms with Gasteiger partial charge < -0.3 is 15.3 Å². The van der Waals surface area contributed by atoms with E-state index in [0.29, 0.717) is 25.2 Å². The first kappa shape index (κ1) is 20.8. The molecule has 0 saturated carbocycles. The highest BCUT2D eigenvalue weighted by Crippen LogP contribution is 2.54. The van der Waals surface area contributed by atoms with E-state index < -0.39 is 17.2 Å². The summed E-state index contributed by atoms with van der Waals surface area (Å²) in [5.41, 5.74) is 1.20. The molecule has 5 nitrogen and oxygen atoms in total. The van der Waals surface area contributed by atoms with Crippen LogP contribution in [-0.2, 0) is 6.54 Å². The molecule has 1 spiro atoms. The van der Waals surface area contributed by atoms with Gasteiger partial charge in [0.1, 0.15) is 11.6 Å². The van der Waals surface area contributed by atoms with Gasteiger partial charge in [0.15, 0.2) is 0 Å². The molecule has 2 aromatic rings. The molecule has 2 N–H and O–H groups in total. The van der Waals surface area contributed by atoms with Crippen molar-refractivity contribution in [2.75, 3.05) is 19.7 Å². The van der Waals surface area contributed by atoms with E-state index in [4.69, 9.17) is 0 Å². The van der Waals surface area contributed by atoms with Gasteiger partial charge in [-0.3, -0.25) is 4.90 Å². The molecule has 2 aliphatic heterocycles. The topological polar surface area (TPSA) is 55.8 Å². The van der Waals surface area contributed by atoms with Crippen LogP contribution in [0.1, 0.15) is 30.9 Å². The third kappa shape index (κ3) is 3.56. The Morgan fingerprint density at radius 1 is 1.17 bits per heavy atom. The lowest BCUT2D eigenvalue weighted by molar-refractivity contribution is -0.164. The summed E-state index contributed by atoms with van der Waals surface area (Å²) in [4.78, 5) is 16.8. The van der Waals surface area contributed by atoms with Gasteiger partial charge in [0.25, 0.3) is 0 Å². The number of hydrogen-bond donors (Lipinski definition) is 2. The van der Waals surface area contributed by atoms with Crippen molar-refractivity contribution in [1.82, 2.24) is 15.1 Å². The number of likely N-dealkylation sites (tertiary alicyclic amines) is 2. The molecule has 2 atom stereocenters. The van der Waals surface area contributed by atoms with Gasteiger partial charge in [0.2, 0.25) is 0 Å². The fraction of sp³-hybridized carbons (Fsp3) is 0.435. The van der Waals surface area contributed by atoms with E-state index in [-0.39, 0.29) is 30.6 Å². The number of nitrogens with one attached hydrogen (secondary N) is 1. The molecule has 0 unspecified atom stereocenters. The molecule has 0 aromatic heterocycles. The van der Waals surface area contributed by atoms with Crippen molar-refractivity contribution >= 4 is 6.03 Å². The number of rotatable bonds is 5. The van der Waals surface area contributed by atoms with Crippen molar-refractivity contribution in [3.63, 3.8) is 0 Å².